The second kappa shape index (κ2) is 10.7. The molecular weight excluding hydrogens is 518 g/mol. The van der Waals surface area contributed by atoms with Crippen LogP contribution in [0.25, 0.3) is 10.2 Å². The number of carbonyl (C=O) groups excluding carboxylic acids is 1. The van der Waals surface area contributed by atoms with Crippen molar-refractivity contribution in [2.45, 2.75) is 62.0 Å². The lowest BCUT2D eigenvalue weighted by Gasteiger charge is -2.32. The van der Waals surface area contributed by atoms with Crippen molar-refractivity contribution in [2.24, 2.45) is 0 Å². The Balaban J connectivity index is 1.18. The van der Waals surface area contributed by atoms with Crippen molar-refractivity contribution in [3.8, 4) is 5.19 Å². The van der Waals surface area contributed by atoms with Gasteiger partial charge in [-0.1, -0.05) is 48.3 Å². The first-order valence-electron chi connectivity index (χ1n) is 12.4. The first-order chi connectivity index (χ1) is 17.3. The number of halogens is 1. The number of ether oxygens (including phenoxy) is 1. The van der Waals surface area contributed by atoms with E-state index in [0.717, 1.165) is 35.9 Å². The number of likely N-dealkylation sites (tertiary alicyclic amines) is 1. The number of sulfonamides is 1. The molecular formula is C26H30ClN3O4S2. The lowest BCUT2D eigenvalue weighted by molar-refractivity contribution is 0.0595. The van der Waals surface area contributed by atoms with Crippen LogP contribution >= 0.6 is 22.9 Å². The third kappa shape index (κ3) is 5.25. The summed E-state index contributed by atoms with van der Waals surface area (Å²) in [5.74, 6) is -0.0928. The minimum Gasteiger partial charge on any atom is -0.467 e. The second-order valence-electron chi connectivity index (χ2n) is 9.51. The maximum atomic E-state index is 13.1. The molecule has 1 amide bonds. The Hall–Kier alpha value is -2.20. The Morgan fingerprint density at radius 2 is 1.75 bits per heavy atom. The van der Waals surface area contributed by atoms with Crippen molar-refractivity contribution < 1.29 is 17.9 Å². The average molecular weight is 548 g/mol. The largest absolute Gasteiger partial charge is 0.467 e. The molecule has 1 aromatic heterocycles. The highest BCUT2D eigenvalue weighted by Gasteiger charge is 2.30. The molecule has 0 bridgehead atoms. The number of amides is 1. The lowest BCUT2D eigenvalue weighted by Crippen LogP contribution is -2.41. The number of fused-ring (bicyclic) bond motifs is 1. The highest BCUT2D eigenvalue weighted by Crippen LogP contribution is 2.33. The summed E-state index contributed by atoms with van der Waals surface area (Å²) in [6.07, 6.45) is 6.49. The Bertz CT molecular complexity index is 1330. The van der Waals surface area contributed by atoms with Gasteiger partial charge in [-0.05, 0) is 49.2 Å². The molecule has 1 saturated heterocycles. The van der Waals surface area contributed by atoms with Crippen LogP contribution in [0.15, 0.2) is 47.4 Å². The molecule has 0 radical (unpaired) electrons. The number of hydrogen-bond donors (Lipinski definition) is 0. The van der Waals surface area contributed by atoms with Gasteiger partial charge in [0.15, 0.2) is 0 Å². The van der Waals surface area contributed by atoms with E-state index < -0.39 is 10.0 Å². The highest BCUT2D eigenvalue weighted by atomic mass is 35.5. The van der Waals surface area contributed by atoms with E-state index in [1.54, 1.807) is 36.2 Å². The number of nitrogens with zero attached hydrogens (tertiary/aromatic N) is 3. The summed E-state index contributed by atoms with van der Waals surface area (Å²) in [6.45, 7) is 1.14. The molecule has 0 atom stereocenters. The molecule has 7 nitrogen and oxygen atoms in total. The maximum absolute atomic E-state index is 13.1. The fraction of sp³-hybridized carbons (Fsp3) is 0.462. The van der Waals surface area contributed by atoms with E-state index in [1.807, 2.05) is 18.2 Å². The van der Waals surface area contributed by atoms with Crippen molar-refractivity contribution in [3.63, 3.8) is 0 Å². The monoisotopic (exact) mass is 547 g/mol. The zero-order valence-corrected chi connectivity index (χ0v) is 22.6. The highest BCUT2D eigenvalue weighted by molar-refractivity contribution is 7.89. The number of para-hydroxylation sites is 1. The molecule has 2 heterocycles. The number of piperidine rings is 1. The van der Waals surface area contributed by atoms with E-state index in [1.165, 1.54) is 22.1 Å². The first-order valence-corrected chi connectivity index (χ1v) is 15.1. The third-order valence-corrected chi connectivity index (χ3v) is 10.4. The number of aromatic nitrogens is 1. The summed E-state index contributed by atoms with van der Waals surface area (Å²) in [4.78, 5) is 19.6. The standard InChI is InChI=1S/C26H30ClN3O4S2/c1-29(19-6-3-2-4-7-19)36(32,33)21-12-10-18(11-13-21)25(31)30-16-14-20(15-17-30)34-26-28-24-22(27)8-5-9-23(24)35-26/h5,8-13,19-20H,2-4,6-7,14-17H2,1H3. The molecule has 1 aliphatic heterocycles. The Morgan fingerprint density at radius 1 is 1.06 bits per heavy atom. The van der Waals surface area contributed by atoms with Crippen LogP contribution in [0.3, 0.4) is 0 Å². The third-order valence-electron chi connectivity index (χ3n) is 7.21. The van der Waals surface area contributed by atoms with Gasteiger partial charge in [-0.3, -0.25) is 4.79 Å². The van der Waals surface area contributed by atoms with Crippen molar-refractivity contribution in [1.29, 1.82) is 0 Å². The molecule has 192 valence electrons. The van der Waals surface area contributed by atoms with Gasteiger partial charge < -0.3 is 9.64 Å². The summed E-state index contributed by atoms with van der Waals surface area (Å²) < 4.78 is 34.8. The molecule has 10 heteroatoms. The maximum Gasteiger partial charge on any atom is 0.274 e. The van der Waals surface area contributed by atoms with E-state index in [2.05, 4.69) is 4.98 Å². The molecule has 1 aliphatic carbocycles. The van der Waals surface area contributed by atoms with Gasteiger partial charge >= 0.3 is 0 Å². The van der Waals surface area contributed by atoms with Gasteiger partial charge in [0.05, 0.1) is 14.6 Å². The number of benzene rings is 2. The molecule has 0 N–H and O–H groups in total. The fourth-order valence-electron chi connectivity index (χ4n) is 5.02. The quantitative estimate of drug-likeness (QED) is 0.402. The van der Waals surface area contributed by atoms with Crippen molar-refractivity contribution in [1.82, 2.24) is 14.2 Å². The zero-order chi connectivity index (χ0) is 25.3. The minimum absolute atomic E-state index is 0.0174. The van der Waals surface area contributed by atoms with E-state index in [4.69, 9.17) is 16.3 Å². The zero-order valence-electron chi connectivity index (χ0n) is 20.2. The molecule has 5 rings (SSSR count). The number of thiazole rings is 1. The van der Waals surface area contributed by atoms with Crippen molar-refractivity contribution in [3.05, 3.63) is 53.1 Å². The number of rotatable bonds is 6. The van der Waals surface area contributed by atoms with Crippen LogP contribution in [0.2, 0.25) is 5.02 Å². The molecule has 2 aliphatic rings. The minimum atomic E-state index is -3.58. The SMILES string of the molecule is CN(C1CCCCC1)S(=O)(=O)c1ccc(C(=O)N2CCC(Oc3nc4c(Cl)cccc4s3)CC2)cc1. The Morgan fingerprint density at radius 3 is 2.42 bits per heavy atom. The van der Waals surface area contributed by atoms with Gasteiger partial charge in [-0.25, -0.2) is 13.4 Å². The van der Waals surface area contributed by atoms with Gasteiger partial charge in [-0.2, -0.15) is 4.31 Å². The van der Waals surface area contributed by atoms with Crippen LogP contribution in [-0.2, 0) is 10.0 Å². The number of hydrogen-bond acceptors (Lipinski definition) is 6. The van der Waals surface area contributed by atoms with Crippen LogP contribution in [-0.4, -0.2) is 60.8 Å². The van der Waals surface area contributed by atoms with Gasteiger partial charge in [0.25, 0.3) is 11.1 Å². The van der Waals surface area contributed by atoms with Crippen LogP contribution < -0.4 is 4.74 Å². The Labute approximate surface area is 221 Å². The van der Waals surface area contributed by atoms with Crippen LogP contribution in [0.5, 0.6) is 5.19 Å². The van der Waals surface area contributed by atoms with Crippen molar-refractivity contribution >= 4 is 49.1 Å². The van der Waals surface area contributed by atoms with Crippen LogP contribution in [0, 0.1) is 0 Å². The molecule has 0 unspecified atom stereocenters. The van der Waals surface area contributed by atoms with Crippen molar-refractivity contribution in [2.75, 3.05) is 20.1 Å². The van der Waals surface area contributed by atoms with E-state index >= 15 is 0 Å². The average Bonchev–Trinajstić information content (AvgIpc) is 3.33. The summed E-state index contributed by atoms with van der Waals surface area (Å²) in [6, 6.07) is 12.1. The second-order valence-corrected chi connectivity index (χ2v) is 12.9. The summed E-state index contributed by atoms with van der Waals surface area (Å²) >= 11 is 7.69. The van der Waals surface area contributed by atoms with E-state index in [9.17, 15) is 13.2 Å². The molecule has 0 spiro atoms. The normalized spacial score (nSPS) is 18.1. The topological polar surface area (TPSA) is 79.8 Å². The molecule has 2 fully saturated rings. The van der Waals surface area contributed by atoms with Crippen LogP contribution in [0.4, 0.5) is 0 Å². The molecule has 36 heavy (non-hydrogen) atoms. The predicted octanol–water partition coefficient (Wildman–Crippen LogP) is 5.59. The van der Waals surface area contributed by atoms with Gasteiger partial charge in [-0.15, -0.1) is 0 Å². The first kappa shape index (κ1) is 25.4. The smallest absolute Gasteiger partial charge is 0.274 e. The van der Waals surface area contributed by atoms with Gasteiger partial charge in [0.2, 0.25) is 10.0 Å². The molecule has 3 aromatic rings. The summed E-state index contributed by atoms with van der Waals surface area (Å²) in [7, 11) is -1.91. The van der Waals surface area contributed by atoms with E-state index in [0.29, 0.717) is 41.7 Å². The summed E-state index contributed by atoms with van der Waals surface area (Å²) in [5, 5.41) is 1.20. The van der Waals surface area contributed by atoms with Gasteiger partial charge in [0.1, 0.15) is 11.6 Å². The van der Waals surface area contributed by atoms with E-state index in [-0.39, 0.29) is 22.9 Å². The van der Waals surface area contributed by atoms with Crippen LogP contribution in [0.1, 0.15) is 55.3 Å². The lowest BCUT2D eigenvalue weighted by atomic mass is 9.96. The van der Waals surface area contributed by atoms with Gasteiger partial charge in [0, 0.05) is 44.6 Å². The molecule has 1 saturated carbocycles. The fourth-order valence-corrected chi connectivity index (χ4v) is 7.62. The number of carbonyl (C=O) groups is 1. The predicted molar refractivity (Wildman–Crippen MR) is 142 cm³/mol. The summed E-state index contributed by atoms with van der Waals surface area (Å²) in [5.41, 5.74) is 1.25. The Kier molecular flexibility index (Phi) is 7.53. The molecule has 2 aromatic carbocycles.